The number of rotatable bonds is 10. The number of aliphatic imine (C=N–C) groups is 1. The second-order valence-corrected chi connectivity index (χ2v) is 10.8. The summed E-state index contributed by atoms with van der Waals surface area (Å²) >= 11 is 1.44. The van der Waals surface area contributed by atoms with E-state index in [4.69, 9.17) is 19.2 Å². The number of fused-ring (bicyclic) bond motifs is 1. The Labute approximate surface area is 250 Å². The molecule has 1 atom stereocenters. The third kappa shape index (κ3) is 6.21. The molecule has 0 N–H and O–H groups in total. The lowest BCUT2D eigenvalue weighted by Gasteiger charge is -2.36. The Balaban J connectivity index is 1.44. The number of amidine groups is 1. The number of hydrogen-bond acceptors (Lipinski definition) is 8. The highest BCUT2D eigenvalue weighted by molar-refractivity contribution is 8.16. The van der Waals surface area contributed by atoms with Gasteiger partial charge >= 0.3 is 5.97 Å². The average molecular weight is 584 g/mol. The second-order valence-electron chi connectivity index (χ2n) is 9.98. The highest BCUT2D eigenvalue weighted by atomic mass is 32.2. The van der Waals surface area contributed by atoms with Crippen LogP contribution in [-0.4, -0.2) is 48.1 Å². The maximum atomic E-state index is 13.4. The molecule has 3 aromatic carbocycles. The highest BCUT2D eigenvalue weighted by Crippen LogP contribution is 2.46. The Morgan fingerprint density at radius 2 is 1.64 bits per heavy atom. The van der Waals surface area contributed by atoms with E-state index in [-0.39, 0.29) is 12.3 Å². The van der Waals surface area contributed by atoms with Crippen LogP contribution in [0.5, 0.6) is 11.5 Å². The smallest absolute Gasteiger partial charge is 0.338 e. The SMILES string of the molecule is COC(=O)C1=C(C)N=C2SC=C(CC(=O)N(C)Cc3ccccc3)N2[C@@H]1c1ccc(OCc2ccccc2)c(OC)c1. The van der Waals surface area contributed by atoms with E-state index < -0.39 is 12.0 Å². The molecule has 5 rings (SSSR count). The molecule has 42 heavy (non-hydrogen) atoms. The predicted octanol–water partition coefficient (Wildman–Crippen LogP) is 6.07. The second kappa shape index (κ2) is 13.0. The van der Waals surface area contributed by atoms with Gasteiger partial charge in [-0.15, -0.1) is 0 Å². The van der Waals surface area contributed by atoms with E-state index in [0.717, 1.165) is 22.4 Å². The summed E-state index contributed by atoms with van der Waals surface area (Å²) in [5.41, 5.74) is 4.59. The van der Waals surface area contributed by atoms with Gasteiger partial charge in [0.2, 0.25) is 5.91 Å². The van der Waals surface area contributed by atoms with Gasteiger partial charge < -0.3 is 24.0 Å². The number of ether oxygens (including phenoxy) is 3. The Morgan fingerprint density at radius 1 is 0.952 bits per heavy atom. The number of hydrogen-bond donors (Lipinski definition) is 0. The minimum Gasteiger partial charge on any atom is -0.493 e. The van der Waals surface area contributed by atoms with Crippen LogP contribution < -0.4 is 9.47 Å². The van der Waals surface area contributed by atoms with Crippen LogP contribution in [0.1, 0.15) is 36.1 Å². The fraction of sp³-hybridized carbons (Fsp3) is 0.242. The molecule has 0 fully saturated rings. The van der Waals surface area contributed by atoms with Crippen LogP contribution in [0.4, 0.5) is 0 Å². The maximum Gasteiger partial charge on any atom is 0.338 e. The van der Waals surface area contributed by atoms with Crippen molar-refractivity contribution >= 4 is 28.8 Å². The zero-order valence-corrected chi connectivity index (χ0v) is 24.9. The first-order valence-corrected chi connectivity index (χ1v) is 14.4. The van der Waals surface area contributed by atoms with Crippen molar-refractivity contribution in [2.45, 2.75) is 32.5 Å². The predicted molar refractivity (Wildman–Crippen MR) is 164 cm³/mol. The summed E-state index contributed by atoms with van der Waals surface area (Å²) in [6.07, 6.45) is 0.148. The van der Waals surface area contributed by atoms with Crippen LogP contribution in [0, 0.1) is 0 Å². The molecule has 2 aliphatic heterocycles. The van der Waals surface area contributed by atoms with Crippen LogP contribution in [0.2, 0.25) is 0 Å². The molecule has 0 bridgehead atoms. The number of methoxy groups -OCH3 is 2. The average Bonchev–Trinajstić information content (AvgIpc) is 3.41. The Bertz CT molecular complexity index is 1550. The van der Waals surface area contributed by atoms with Gasteiger partial charge in [0.25, 0.3) is 0 Å². The van der Waals surface area contributed by atoms with Gasteiger partial charge in [-0.3, -0.25) is 4.79 Å². The van der Waals surface area contributed by atoms with Crippen molar-refractivity contribution in [3.8, 4) is 11.5 Å². The van der Waals surface area contributed by atoms with Gasteiger partial charge in [-0.25, -0.2) is 9.79 Å². The molecule has 0 aromatic heterocycles. The lowest BCUT2D eigenvalue weighted by atomic mass is 9.93. The van der Waals surface area contributed by atoms with E-state index >= 15 is 0 Å². The third-order valence-corrected chi connectivity index (χ3v) is 8.06. The van der Waals surface area contributed by atoms with Gasteiger partial charge in [0.1, 0.15) is 6.61 Å². The van der Waals surface area contributed by atoms with E-state index in [1.807, 2.05) is 89.2 Å². The Hall–Kier alpha value is -4.50. The number of carbonyl (C=O) groups is 2. The molecular formula is C33H33N3O5S. The molecule has 3 aromatic rings. The topological polar surface area (TPSA) is 80.7 Å². The van der Waals surface area contributed by atoms with Gasteiger partial charge in [0, 0.05) is 19.3 Å². The molecule has 2 aliphatic rings. The summed E-state index contributed by atoms with van der Waals surface area (Å²) in [5.74, 6) is 0.594. The summed E-state index contributed by atoms with van der Waals surface area (Å²) < 4.78 is 17.0. The number of carbonyl (C=O) groups excluding carboxylic acids is 2. The first-order chi connectivity index (χ1) is 20.4. The molecule has 0 unspecified atom stereocenters. The van der Waals surface area contributed by atoms with Crippen LogP contribution in [0.15, 0.2) is 106 Å². The van der Waals surface area contributed by atoms with Crippen molar-refractivity contribution in [3.63, 3.8) is 0 Å². The summed E-state index contributed by atoms with van der Waals surface area (Å²) in [6, 6.07) is 24.8. The molecule has 0 spiro atoms. The van der Waals surface area contributed by atoms with Crippen LogP contribution >= 0.6 is 11.8 Å². The number of esters is 1. The number of thioether (sulfide) groups is 1. The molecule has 0 aliphatic carbocycles. The third-order valence-electron chi connectivity index (χ3n) is 7.17. The van der Waals surface area contributed by atoms with Crippen LogP contribution in [0.25, 0.3) is 0 Å². The molecule has 9 heteroatoms. The number of nitrogens with zero attached hydrogens (tertiary/aromatic N) is 3. The standard InChI is InChI=1S/C33H33N3O5S/c1-22-30(32(38)40-4)31(25-15-16-27(28(17-25)39-3)41-20-24-13-9-6-10-14-24)36-26(21-42-33(36)34-22)18-29(37)35(2)19-23-11-7-5-8-12-23/h5-17,21,31H,18-20H2,1-4H3/t31-/m1/s1. The van der Waals surface area contributed by atoms with Gasteiger partial charge in [0.05, 0.1) is 38.0 Å². The summed E-state index contributed by atoms with van der Waals surface area (Å²) in [4.78, 5) is 34.9. The van der Waals surface area contributed by atoms with Crippen molar-refractivity contribution in [1.29, 1.82) is 0 Å². The normalized spacial score (nSPS) is 15.9. The molecule has 8 nitrogen and oxygen atoms in total. The van der Waals surface area contributed by atoms with Crippen molar-refractivity contribution in [3.05, 3.63) is 118 Å². The summed E-state index contributed by atoms with van der Waals surface area (Å²) in [5, 5.41) is 2.63. The molecule has 0 radical (unpaired) electrons. The number of benzene rings is 3. The molecule has 0 saturated heterocycles. The lowest BCUT2D eigenvalue weighted by molar-refractivity contribution is -0.136. The highest BCUT2D eigenvalue weighted by Gasteiger charge is 2.41. The first kappa shape index (κ1) is 29.0. The van der Waals surface area contributed by atoms with Gasteiger partial charge in [-0.2, -0.15) is 0 Å². The molecule has 2 heterocycles. The lowest BCUT2D eigenvalue weighted by Crippen LogP contribution is -2.38. The zero-order valence-electron chi connectivity index (χ0n) is 24.1. The summed E-state index contributed by atoms with van der Waals surface area (Å²) in [6.45, 7) is 2.69. The van der Waals surface area contributed by atoms with Gasteiger partial charge in [0.15, 0.2) is 16.7 Å². The van der Waals surface area contributed by atoms with E-state index in [2.05, 4.69) is 0 Å². The number of allylic oxidation sites excluding steroid dienone is 1. The molecule has 216 valence electrons. The number of amides is 1. The fourth-order valence-corrected chi connectivity index (χ4v) is 5.96. The van der Waals surface area contributed by atoms with Gasteiger partial charge in [-0.05, 0) is 41.2 Å². The molecular weight excluding hydrogens is 550 g/mol. The van der Waals surface area contributed by atoms with Crippen molar-refractivity contribution in [2.24, 2.45) is 4.99 Å². The molecule has 1 amide bonds. The quantitative estimate of drug-likeness (QED) is 0.268. The zero-order chi connectivity index (χ0) is 29.6. The van der Waals surface area contributed by atoms with Crippen LogP contribution in [0.3, 0.4) is 0 Å². The van der Waals surface area contributed by atoms with E-state index in [1.165, 1.54) is 18.9 Å². The van der Waals surface area contributed by atoms with E-state index in [0.29, 0.717) is 41.1 Å². The van der Waals surface area contributed by atoms with Crippen molar-refractivity contribution in [2.75, 3.05) is 21.3 Å². The Kier molecular flexibility index (Phi) is 8.97. The minimum atomic E-state index is -0.574. The van der Waals surface area contributed by atoms with E-state index in [9.17, 15) is 9.59 Å². The van der Waals surface area contributed by atoms with Gasteiger partial charge in [-0.1, -0.05) is 78.5 Å². The van der Waals surface area contributed by atoms with Crippen molar-refractivity contribution in [1.82, 2.24) is 9.80 Å². The van der Waals surface area contributed by atoms with Crippen molar-refractivity contribution < 1.29 is 23.8 Å². The maximum absolute atomic E-state index is 13.4. The van der Waals surface area contributed by atoms with Crippen LogP contribution in [-0.2, 0) is 27.5 Å². The minimum absolute atomic E-state index is 0.0427. The fourth-order valence-electron chi connectivity index (χ4n) is 5.00. The first-order valence-electron chi connectivity index (χ1n) is 13.5. The summed E-state index contributed by atoms with van der Waals surface area (Å²) in [7, 11) is 4.74. The molecule has 0 saturated carbocycles. The largest absolute Gasteiger partial charge is 0.493 e. The van der Waals surface area contributed by atoms with E-state index in [1.54, 1.807) is 26.0 Å². The Morgan fingerprint density at radius 3 is 2.31 bits per heavy atom. The monoisotopic (exact) mass is 583 g/mol.